The van der Waals surface area contributed by atoms with Crippen molar-refractivity contribution in [1.29, 1.82) is 0 Å². The molecule has 1 unspecified atom stereocenters. The lowest BCUT2D eigenvalue weighted by Gasteiger charge is -2.35. The molecule has 1 atom stereocenters. The topological polar surface area (TPSA) is 69.6 Å². The zero-order chi connectivity index (χ0) is 13.5. The molecule has 10 heteroatoms. The van der Waals surface area contributed by atoms with Crippen molar-refractivity contribution in [3.63, 3.8) is 0 Å². The van der Waals surface area contributed by atoms with Crippen LogP contribution >= 0.6 is 11.3 Å². The molecule has 1 aromatic heterocycles. The van der Waals surface area contributed by atoms with Crippen LogP contribution in [0, 0.1) is 0 Å². The summed E-state index contributed by atoms with van der Waals surface area (Å²) in [5.41, 5.74) is 0. The molecule has 0 spiro atoms. The molecule has 1 fully saturated rings. The van der Waals surface area contributed by atoms with Crippen LogP contribution in [-0.2, 0) is 6.18 Å². The van der Waals surface area contributed by atoms with Gasteiger partial charge in [0.05, 0.1) is 0 Å². The highest BCUT2D eigenvalue weighted by Crippen LogP contribution is 2.35. The summed E-state index contributed by atoms with van der Waals surface area (Å²) in [7, 11) is 1.49. The fourth-order valence-corrected chi connectivity index (χ4v) is 2.23. The predicted octanol–water partition coefficient (Wildman–Crippen LogP) is 1.14. The Hall–Kier alpha value is -1.42. The van der Waals surface area contributed by atoms with Crippen LogP contribution in [0.15, 0.2) is 0 Å². The lowest BCUT2D eigenvalue weighted by Crippen LogP contribution is -2.53. The zero-order valence-electron chi connectivity index (χ0n) is 9.18. The van der Waals surface area contributed by atoms with Crippen LogP contribution < -0.4 is 4.90 Å². The lowest BCUT2D eigenvalue weighted by atomic mass is 10.3. The van der Waals surface area contributed by atoms with E-state index in [1.807, 2.05) is 0 Å². The van der Waals surface area contributed by atoms with Crippen LogP contribution in [0.5, 0.6) is 0 Å². The predicted molar refractivity (Wildman–Crippen MR) is 56.0 cm³/mol. The van der Waals surface area contributed by atoms with E-state index in [1.165, 1.54) is 11.9 Å². The van der Waals surface area contributed by atoms with Gasteiger partial charge in [-0.05, 0) is 0 Å². The second-order valence-electron chi connectivity index (χ2n) is 3.73. The first-order chi connectivity index (χ1) is 8.30. The standard InChI is InChI=1S/C8H9F3N4O2S/c1-14-3-2-4(16)15(7(14)17)6-13-12-5(18-6)8(9,10)11/h4,16H,2-3H2,1H3. The van der Waals surface area contributed by atoms with Gasteiger partial charge in [-0.1, -0.05) is 11.3 Å². The van der Waals surface area contributed by atoms with Gasteiger partial charge in [0.2, 0.25) is 10.1 Å². The average Bonchev–Trinajstić information content (AvgIpc) is 2.73. The van der Waals surface area contributed by atoms with Gasteiger partial charge in [-0.2, -0.15) is 13.2 Å². The average molecular weight is 282 g/mol. The SMILES string of the molecule is CN1CCC(O)N(c2nnc(C(F)(F)F)s2)C1=O. The number of alkyl halides is 3. The largest absolute Gasteiger partial charge is 0.445 e. The van der Waals surface area contributed by atoms with Crippen molar-refractivity contribution in [2.24, 2.45) is 0 Å². The molecular formula is C8H9F3N4O2S. The number of rotatable bonds is 1. The first-order valence-electron chi connectivity index (χ1n) is 4.94. The highest BCUT2D eigenvalue weighted by molar-refractivity contribution is 7.15. The van der Waals surface area contributed by atoms with Gasteiger partial charge < -0.3 is 10.0 Å². The van der Waals surface area contributed by atoms with Gasteiger partial charge >= 0.3 is 12.2 Å². The number of halogens is 3. The van der Waals surface area contributed by atoms with Crippen molar-refractivity contribution in [1.82, 2.24) is 15.1 Å². The van der Waals surface area contributed by atoms with Crippen LogP contribution in [0.4, 0.5) is 23.1 Å². The minimum atomic E-state index is -4.61. The normalized spacial score (nSPS) is 21.6. The maximum Gasteiger partial charge on any atom is 0.445 e. The molecule has 1 aromatic rings. The summed E-state index contributed by atoms with van der Waals surface area (Å²) >= 11 is 0.227. The van der Waals surface area contributed by atoms with E-state index in [0.29, 0.717) is 6.54 Å². The van der Waals surface area contributed by atoms with Crippen LogP contribution in [-0.4, -0.2) is 46.1 Å². The molecule has 1 aliphatic rings. The Bertz CT molecular complexity index is 463. The number of anilines is 1. The monoisotopic (exact) mass is 282 g/mol. The van der Waals surface area contributed by atoms with Crippen molar-refractivity contribution in [2.75, 3.05) is 18.5 Å². The Kier molecular flexibility index (Phi) is 3.15. The quantitative estimate of drug-likeness (QED) is 0.838. The van der Waals surface area contributed by atoms with E-state index in [9.17, 15) is 23.1 Å². The van der Waals surface area contributed by atoms with Crippen LogP contribution in [0.2, 0.25) is 0 Å². The van der Waals surface area contributed by atoms with Crippen LogP contribution in [0.25, 0.3) is 0 Å². The third-order valence-corrected chi connectivity index (χ3v) is 3.38. The summed E-state index contributed by atoms with van der Waals surface area (Å²) in [6.07, 6.45) is -5.54. The van der Waals surface area contributed by atoms with Gasteiger partial charge in [-0.25, -0.2) is 9.69 Å². The number of carbonyl (C=O) groups is 1. The van der Waals surface area contributed by atoms with E-state index >= 15 is 0 Å². The van der Waals surface area contributed by atoms with E-state index < -0.39 is 23.4 Å². The number of nitrogens with zero attached hydrogens (tertiary/aromatic N) is 4. The number of carbonyl (C=O) groups excluding carboxylic acids is 1. The fraction of sp³-hybridized carbons (Fsp3) is 0.625. The summed E-state index contributed by atoms with van der Waals surface area (Å²) in [6, 6.07) is -0.598. The van der Waals surface area contributed by atoms with E-state index in [-0.39, 0.29) is 22.9 Å². The van der Waals surface area contributed by atoms with Crippen molar-refractivity contribution in [3.05, 3.63) is 5.01 Å². The van der Waals surface area contributed by atoms with Gasteiger partial charge in [0, 0.05) is 20.0 Å². The van der Waals surface area contributed by atoms with E-state index in [1.54, 1.807) is 0 Å². The fourth-order valence-electron chi connectivity index (χ4n) is 1.48. The van der Waals surface area contributed by atoms with Crippen molar-refractivity contribution in [3.8, 4) is 0 Å². The zero-order valence-corrected chi connectivity index (χ0v) is 9.99. The number of aromatic nitrogens is 2. The Morgan fingerprint density at radius 2 is 2.11 bits per heavy atom. The summed E-state index contributed by atoms with van der Waals surface area (Å²) in [4.78, 5) is 13.9. The van der Waals surface area contributed by atoms with Crippen molar-refractivity contribution >= 4 is 22.5 Å². The van der Waals surface area contributed by atoms with Crippen LogP contribution in [0.3, 0.4) is 0 Å². The van der Waals surface area contributed by atoms with E-state index in [2.05, 4.69) is 10.2 Å². The summed E-state index contributed by atoms with van der Waals surface area (Å²) in [6.45, 7) is 0.335. The number of amides is 2. The molecule has 6 nitrogen and oxygen atoms in total. The first-order valence-corrected chi connectivity index (χ1v) is 5.75. The Balaban J connectivity index is 2.30. The lowest BCUT2D eigenvalue weighted by molar-refractivity contribution is -0.138. The first kappa shape index (κ1) is 13.0. The summed E-state index contributed by atoms with van der Waals surface area (Å²) < 4.78 is 37.1. The number of hydrogen-bond donors (Lipinski definition) is 1. The third kappa shape index (κ3) is 2.25. The molecule has 0 aliphatic carbocycles. The Labute approximate surface area is 104 Å². The molecule has 0 saturated carbocycles. The summed E-state index contributed by atoms with van der Waals surface area (Å²) in [5, 5.41) is 14.5. The molecule has 0 bridgehead atoms. The number of aliphatic hydroxyl groups is 1. The van der Waals surface area contributed by atoms with Crippen molar-refractivity contribution < 1.29 is 23.1 Å². The number of urea groups is 1. The highest BCUT2D eigenvalue weighted by atomic mass is 32.1. The molecule has 0 aromatic carbocycles. The minimum Gasteiger partial charge on any atom is -0.373 e. The Morgan fingerprint density at radius 3 is 2.67 bits per heavy atom. The highest BCUT2D eigenvalue weighted by Gasteiger charge is 2.39. The maximum absolute atomic E-state index is 12.4. The molecule has 2 amide bonds. The van der Waals surface area contributed by atoms with E-state index in [0.717, 1.165) is 4.90 Å². The molecule has 1 saturated heterocycles. The Morgan fingerprint density at radius 1 is 1.44 bits per heavy atom. The number of hydrogen-bond acceptors (Lipinski definition) is 5. The van der Waals surface area contributed by atoms with Gasteiger partial charge in [-0.15, -0.1) is 10.2 Å². The van der Waals surface area contributed by atoms with Gasteiger partial charge in [0.1, 0.15) is 6.23 Å². The molecule has 100 valence electrons. The maximum atomic E-state index is 12.4. The second kappa shape index (κ2) is 4.35. The molecule has 1 aliphatic heterocycles. The molecule has 18 heavy (non-hydrogen) atoms. The second-order valence-corrected chi connectivity index (χ2v) is 4.69. The van der Waals surface area contributed by atoms with Gasteiger partial charge in [0.15, 0.2) is 0 Å². The van der Waals surface area contributed by atoms with Gasteiger partial charge in [0.25, 0.3) is 0 Å². The van der Waals surface area contributed by atoms with Gasteiger partial charge in [-0.3, -0.25) is 0 Å². The number of aliphatic hydroxyl groups excluding tert-OH is 1. The van der Waals surface area contributed by atoms with Crippen LogP contribution in [0.1, 0.15) is 11.4 Å². The molecule has 2 rings (SSSR count). The summed E-state index contributed by atoms with van der Waals surface area (Å²) in [5.74, 6) is 0. The molecule has 1 N–H and O–H groups in total. The molecule has 0 radical (unpaired) electrons. The minimum absolute atomic E-state index is 0.227. The van der Waals surface area contributed by atoms with Crippen molar-refractivity contribution in [2.45, 2.75) is 18.8 Å². The molecule has 2 heterocycles. The smallest absolute Gasteiger partial charge is 0.373 e. The third-order valence-electron chi connectivity index (χ3n) is 2.42. The molecular weight excluding hydrogens is 273 g/mol. The van der Waals surface area contributed by atoms with E-state index in [4.69, 9.17) is 0 Å².